The Hall–Kier alpha value is -3.12. The highest BCUT2D eigenvalue weighted by Crippen LogP contribution is 2.36. The number of rotatable bonds is 2. The maximum Gasteiger partial charge on any atom is 0.265 e. The second-order valence-corrected chi connectivity index (χ2v) is 6.14. The number of hydrogen-bond acceptors (Lipinski definition) is 4. The first-order chi connectivity index (χ1) is 11.7. The monoisotopic (exact) mass is 336 g/mol. The number of amides is 2. The number of carbonyl (C=O) groups excluding carboxylic acids is 2. The van der Waals surface area contributed by atoms with Crippen molar-refractivity contribution in [1.82, 2.24) is 0 Å². The summed E-state index contributed by atoms with van der Waals surface area (Å²) in [7, 11) is 0. The van der Waals surface area contributed by atoms with E-state index in [1.807, 2.05) is 23.6 Å². The molecule has 2 aromatic carbocycles. The van der Waals surface area contributed by atoms with Crippen LogP contribution in [0.15, 0.2) is 60.0 Å². The molecule has 2 amide bonds. The van der Waals surface area contributed by atoms with Crippen LogP contribution in [0.25, 0.3) is 0 Å². The third-order valence-electron chi connectivity index (χ3n) is 3.58. The Balaban J connectivity index is 1.65. The second-order valence-electron chi connectivity index (χ2n) is 5.19. The molecule has 0 radical (unpaired) electrons. The lowest BCUT2D eigenvalue weighted by molar-refractivity contribution is 0.101. The topological polar surface area (TPSA) is 67.4 Å². The van der Waals surface area contributed by atoms with E-state index in [0.717, 1.165) is 0 Å². The standard InChI is InChI=1S/C18H12N2O3S/c21-17-12-10-11(19-18(22)16-6-3-9-24-16)7-8-14(12)23-15-5-2-1-4-13(15)20-17/h1-10H,(H,19,22)(H,20,21). The molecule has 6 heteroatoms. The predicted octanol–water partition coefficient (Wildman–Crippen LogP) is 4.36. The average Bonchev–Trinajstić information content (AvgIpc) is 3.08. The summed E-state index contributed by atoms with van der Waals surface area (Å²) < 4.78 is 5.81. The molecular formula is C18H12N2O3S. The van der Waals surface area contributed by atoms with E-state index in [2.05, 4.69) is 10.6 Å². The van der Waals surface area contributed by atoms with E-state index < -0.39 is 0 Å². The van der Waals surface area contributed by atoms with Crippen molar-refractivity contribution in [3.05, 3.63) is 70.4 Å². The summed E-state index contributed by atoms with van der Waals surface area (Å²) in [6.07, 6.45) is 0. The van der Waals surface area contributed by atoms with Gasteiger partial charge in [0.05, 0.1) is 16.1 Å². The normalized spacial score (nSPS) is 12.2. The SMILES string of the molecule is O=C(Nc1ccc2c(c1)C(=O)Nc1ccccc1O2)c1cccs1. The average molecular weight is 336 g/mol. The van der Waals surface area contributed by atoms with Gasteiger partial charge in [-0.25, -0.2) is 0 Å². The molecule has 1 aliphatic rings. The fourth-order valence-electron chi connectivity index (χ4n) is 2.44. The van der Waals surface area contributed by atoms with Gasteiger partial charge in [0, 0.05) is 5.69 Å². The van der Waals surface area contributed by atoms with Crippen LogP contribution in [0, 0.1) is 0 Å². The first-order valence-corrected chi connectivity index (χ1v) is 8.16. The zero-order valence-electron chi connectivity index (χ0n) is 12.4. The van der Waals surface area contributed by atoms with E-state index in [4.69, 9.17) is 4.74 Å². The van der Waals surface area contributed by atoms with Crippen molar-refractivity contribution in [2.45, 2.75) is 0 Å². The van der Waals surface area contributed by atoms with Crippen LogP contribution >= 0.6 is 11.3 Å². The van der Waals surface area contributed by atoms with Crippen molar-refractivity contribution < 1.29 is 14.3 Å². The van der Waals surface area contributed by atoms with Gasteiger partial charge in [-0.15, -0.1) is 11.3 Å². The minimum Gasteiger partial charge on any atom is -0.454 e. The van der Waals surface area contributed by atoms with Gasteiger partial charge in [-0.1, -0.05) is 18.2 Å². The van der Waals surface area contributed by atoms with E-state index in [0.29, 0.717) is 33.3 Å². The predicted molar refractivity (Wildman–Crippen MR) is 93.2 cm³/mol. The Morgan fingerprint density at radius 3 is 2.75 bits per heavy atom. The molecule has 3 aromatic rings. The van der Waals surface area contributed by atoms with Crippen LogP contribution < -0.4 is 15.4 Å². The van der Waals surface area contributed by atoms with E-state index in [9.17, 15) is 9.59 Å². The van der Waals surface area contributed by atoms with Crippen LogP contribution in [-0.2, 0) is 0 Å². The largest absolute Gasteiger partial charge is 0.454 e. The van der Waals surface area contributed by atoms with Crippen molar-refractivity contribution in [3.8, 4) is 11.5 Å². The Labute approximate surface area is 141 Å². The number of para-hydroxylation sites is 2. The van der Waals surface area contributed by atoms with Gasteiger partial charge in [0.15, 0.2) is 5.75 Å². The van der Waals surface area contributed by atoms with E-state index >= 15 is 0 Å². The summed E-state index contributed by atoms with van der Waals surface area (Å²) in [6.45, 7) is 0. The van der Waals surface area contributed by atoms with Crippen molar-refractivity contribution in [2.75, 3.05) is 10.6 Å². The molecule has 0 spiro atoms. The molecule has 4 rings (SSSR count). The van der Waals surface area contributed by atoms with Gasteiger partial charge in [-0.2, -0.15) is 0 Å². The number of nitrogens with one attached hydrogen (secondary N) is 2. The van der Waals surface area contributed by atoms with Crippen molar-refractivity contribution in [1.29, 1.82) is 0 Å². The molecule has 0 fully saturated rings. The summed E-state index contributed by atoms with van der Waals surface area (Å²) in [6, 6.07) is 15.8. The number of fused-ring (bicyclic) bond motifs is 2. The third-order valence-corrected chi connectivity index (χ3v) is 4.45. The van der Waals surface area contributed by atoms with Crippen LogP contribution in [0.4, 0.5) is 11.4 Å². The molecule has 2 heterocycles. The quantitative estimate of drug-likeness (QED) is 0.731. The summed E-state index contributed by atoms with van der Waals surface area (Å²) in [5.74, 6) is 0.553. The van der Waals surface area contributed by atoms with E-state index in [-0.39, 0.29) is 11.8 Å². The maximum atomic E-state index is 12.4. The Morgan fingerprint density at radius 1 is 1.04 bits per heavy atom. The minimum absolute atomic E-state index is 0.205. The van der Waals surface area contributed by atoms with Crippen molar-refractivity contribution >= 4 is 34.5 Å². The smallest absolute Gasteiger partial charge is 0.265 e. The molecule has 0 unspecified atom stereocenters. The molecule has 0 atom stereocenters. The maximum absolute atomic E-state index is 12.4. The highest BCUT2D eigenvalue weighted by Gasteiger charge is 2.21. The number of ether oxygens (including phenoxy) is 1. The van der Waals surface area contributed by atoms with Gasteiger partial charge >= 0.3 is 0 Å². The number of benzene rings is 2. The van der Waals surface area contributed by atoms with Gasteiger partial charge in [0.1, 0.15) is 5.75 Å². The number of hydrogen-bond donors (Lipinski definition) is 2. The van der Waals surface area contributed by atoms with E-state index in [1.54, 1.807) is 36.4 Å². The molecule has 0 bridgehead atoms. The zero-order chi connectivity index (χ0) is 16.5. The number of carbonyl (C=O) groups is 2. The number of thiophene rings is 1. The van der Waals surface area contributed by atoms with Gasteiger partial charge in [0.2, 0.25) is 0 Å². The van der Waals surface area contributed by atoms with Crippen LogP contribution in [0.2, 0.25) is 0 Å². The lowest BCUT2D eigenvalue weighted by Gasteiger charge is -2.09. The van der Waals surface area contributed by atoms with Crippen molar-refractivity contribution in [3.63, 3.8) is 0 Å². The Kier molecular flexibility index (Phi) is 3.51. The lowest BCUT2D eigenvalue weighted by atomic mass is 10.1. The Morgan fingerprint density at radius 2 is 1.92 bits per heavy atom. The third kappa shape index (κ3) is 2.63. The molecular weight excluding hydrogens is 324 g/mol. The minimum atomic E-state index is -0.276. The summed E-state index contributed by atoms with van der Waals surface area (Å²) in [5.41, 5.74) is 1.52. The molecule has 5 nitrogen and oxygen atoms in total. The number of anilines is 2. The van der Waals surface area contributed by atoms with Crippen LogP contribution in [0.1, 0.15) is 20.0 Å². The summed E-state index contributed by atoms with van der Waals surface area (Å²) in [4.78, 5) is 25.2. The Bertz CT molecular complexity index is 935. The van der Waals surface area contributed by atoms with Gasteiger partial charge in [0.25, 0.3) is 11.8 Å². The molecule has 0 saturated carbocycles. The van der Waals surface area contributed by atoms with Gasteiger partial charge < -0.3 is 15.4 Å². The first kappa shape index (κ1) is 14.5. The van der Waals surface area contributed by atoms with E-state index in [1.165, 1.54) is 11.3 Å². The molecule has 2 N–H and O–H groups in total. The molecule has 1 aromatic heterocycles. The molecule has 118 valence electrons. The summed E-state index contributed by atoms with van der Waals surface area (Å²) in [5, 5.41) is 7.44. The zero-order valence-corrected chi connectivity index (χ0v) is 13.2. The summed E-state index contributed by atoms with van der Waals surface area (Å²) >= 11 is 1.36. The second kappa shape index (κ2) is 5.82. The highest BCUT2D eigenvalue weighted by atomic mass is 32.1. The first-order valence-electron chi connectivity index (χ1n) is 7.28. The lowest BCUT2D eigenvalue weighted by Crippen LogP contribution is -2.13. The molecule has 1 aliphatic heterocycles. The fourth-order valence-corrected chi connectivity index (χ4v) is 3.06. The van der Waals surface area contributed by atoms with Crippen LogP contribution in [0.3, 0.4) is 0 Å². The van der Waals surface area contributed by atoms with Crippen LogP contribution in [-0.4, -0.2) is 11.8 Å². The molecule has 0 aliphatic carbocycles. The van der Waals surface area contributed by atoms with Crippen LogP contribution in [0.5, 0.6) is 11.5 Å². The van der Waals surface area contributed by atoms with Gasteiger partial charge in [-0.3, -0.25) is 9.59 Å². The molecule has 0 saturated heterocycles. The molecule has 24 heavy (non-hydrogen) atoms. The highest BCUT2D eigenvalue weighted by molar-refractivity contribution is 7.12. The van der Waals surface area contributed by atoms with Crippen molar-refractivity contribution in [2.24, 2.45) is 0 Å². The fraction of sp³-hybridized carbons (Fsp3) is 0. The van der Waals surface area contributed by atoms with Gasteiger partial charge in [-0.05, 0) is 41.8 Å².